The molecule has 1 atom stereocenters. The van der Waals surface area contributed by atoms with Crippen LogP contribution in [0.4, 0.5) is 11.4 Å². The summed E-state index contributed by atoms with van der Waals surface area (Å²) in [7, 11) is -2.07. The van der Waals surface area contributed by atoms with Gasteiger partial charge >= 0.3 is 0 Å². The maximum absolute atomic E-state index is 11.2. The molecule has 7 heteroatoms. The number of hydrogen-bond acceptors (Lipinski definition) is 5. The van der Waals surface area contributed by atoms with Crippen molar-refractivity contribution in [2.75, 3.05) is 30.8 Å². The largest absolute Gasteiger partial charge is 0.398 e. The van der Waals surface area contributed by atoms with Crippen molar-refractivity contribution in [2.24, 2.45) is 5.14 Å². The second-order valence-corrected chi connectivity index (χ2v) is 5.89. The van der Waals surface area contributed by atoms with E-state index in [0.717, 1.165) is 25.2 Å². The molecule has 1 aliphatic heterocycles. The molecule has 18 heavy (non-hydrogen) atoms. The molecule has 1 aliphatic rings. The summed E-state index contributed by atoms with van der Waals surface area (Å²) >= 11 is 0. The third-order valence-corrected chi connectivity index (χ3v) is 4.13. The fraction of sp³-hybridized carbons (Fsp3) is 0.455. The number of primary sulfonamides is 1. The molecule has 1 aromatic rings. The molecule has 0 bridgehead atoms. The number of ether oxygens (including phenoxy) is 1. The first-order chi connectivity index (χ1) is 8.41. The van der Waals surface area contributed by atoms with Gasteiger partial charge in [0.05, 0.1) is 11.8 Å². The monoisotopic (exact) mass is 271 g/mol. The molecule has 2 rings (SSSR count). The van der Waals surface area contributed by atoms with Gasteiger partial charge in [-0.05, 0) is 24.6 Å². The highest BCUT2D eigenvalue weighted by Gasteiger charge is 2.23. The lowest BCUT2D eigenvalue weighted by atomic mass is 10.2. The number of nitrogen functional groups attached to an aromatic ring is 1. The zero-order valence-electron chi connectivity index (χ0n) is 10.2. The van der Waals surface area contributed by atoms with E-state index in [0.29, 0.717) is 0 Å². The number of nitrogens with zero attached hydrogens (tertiary/aromatic N) is 1. The van der Waals surface area contributed by atoms with Crippen molar-refractivity contribution in [1.29, 1.82) is 0 Å². The first-order valence-electron chi connectivity index (χ1n) is 5.62. The minimum Gasteiger partial charge on any atom is -0.398 e. The van der Waals surface area contributed by atoms with E-state index in [1.54, 1.807) is 19.2 Å². The number of sulfonamides is 1. The van der Waals surface area contributed by atoms with Crippen LogP contribution in [0.5, 0.6) is 0 Å². The van der Waals surface area contributed by atoms with Gasteiger partial charge < -0.3 is 15.4 Å². The second kappa shape index (κ2) is 4.75. The van der Waals surface area contributed by atoms with E-state index in [1.807, 2.05) is 0 Å². The molecule has 0 aliphatic carbocycles. The highest BCUT2D eigenvalue weighted by Crippen LogP contribution is 2.27. The highest BCUT2D eigenvalue weighted by molar-refractivity contribution is 7.89. The van der Waals surface area contributed by atoms with Gasteiger partial charge in [0.25, 0.3) is 0 Å². The molecule has 1 fully saturated rings. The van der Waals surface area contributed by atoms with Crippen molar-refractivity contribution < 1.29 is 13.2 Å². The Hall–Kier alpha value is -1.31. The zero-order valence-corrected chi connectivity index (χ0v) is 11.0. The van der Waals surface area contributed by atoms with Gasteiger partial charge in [-0.2, -0.15) is 0 Å². The maximum atomic E-state index is 11.2. The highest BCUT2D eigenvalue weighted by atomic mass is 32.2. The van der Waals surface area contributed by atoms with Gasteiger partial charge in [0.2, 0.25) is 10.0 Å². The van der Waals surface area contributed by atoms with Crippen LogP contribution in [0.25, 0.3) is 0 Å². The van der Waals surface area contributed by atoms with Gasteiger partial charge in [0.15, 0.2) is 0 Å². The number of rotatable bonds is 3. The van der Waals surface area contributed by atoms with E-state index in [4.69, 9.17) is 15.6 Å². The molecule has 0 spiro atoms. The minimum atomic E-state index is -3.76. The van der Waals surface area contributed by atoms with Crippen LogP contribution < -0.4 is 15.8 Å². The lowest BCUT2D eigenvalue weighted by molar-refractivity contribution is 0.121. The molecule has 0 saturated carbocycles. The molecule has 4 N–H and O–H groups in total. The van der Waals surface area contributed by atoms with Crippen LogP contribution >= 0.6 is 0 Å². The standard InChI is InChI=1S/C11H17N3O3S/c1-17-9-4-5-14(7-9)8-2-3-11(10(12)6-8)18(13,15)16/h2-3,6,9H,4-5,7,12H2,1H3,(H2,13,15,16). The average molecular weight is 271 g/mol. The summed E-state index contributed by atoms with van der Waals surface area (Å²) in [5.41, 5.74) is 6.79. The average Bonchev–Trinajstić information content (AvgIpc) is 2.75. The Bertz CT molecular complexity index is 544. The van der Waals surface area contributed by atoms with E-state index in [9.17, 15) is 8.42 Å². The van der Waals surface area contributed by atoms with E-state index in [2.05, 4.69) is 4.90 Å². The third kappa shape index (κ3) is 2.58. The van der Waals surface area contributed by atoms with Gasteiger partial charge in [-0.3, -0.25) is 0 Å². The van der Waals surface area contributed by atoms with Crippen LogP contribution in [0.2, 0.25) is 0 Å². The summed E-state index contributed by atoms with van der Waals surface area (Å²) in [6.45, 7) is 1.65. The summed E-state index contributed by atoms with van der Waals surface area (Å²) in [6, 6.07) is 4.80. The lowest BCUT2D eigenvalue weighted by Gasteiger charge is -2.19. The summed E-state index contributed by atoms with van der Waals surface area (Å²) in [5, 5.41) is 5.06. The second-order valence-electron chi connectivity index (χ2n) is 4.36. The molecule has 0 aromatic heterocycles. The van der Waals surface area contributed by atoms with Crippen molar-refractivity contribution >= 4 is 21.4 Å². The summed E-state index contributed by atoms with van der Waals surface area (Å²) in [4.78, 5) is 2.07. The Kier molecular flexibility index (Phi) is 3.47. The molecule has 1 saturated heterocycles. The van der Waals surface area contributed by atoms with Crippen molar-refractivity contribution in [3.63, 3.8) is 0 Å². The van der Waals surface area contributed by atoms with Crippen molar-refractivity contribution in [3.8, 4) is 0 Å². The van der Waals surface area contributed by atoms with E-state index >= 15 is 0 Å². The molecular weight excluding hydrogens is 254 g/mol. The van der Waals surface area contributed by atoms with Crippen LogP contribution in [0.15, 0.2) is 23.1 Å². The number of hydrogen-bond donors (Lipinski definition) is 2. The molecule has 1 aromatic carbocycles. The van der Waals surface area contributed by atoms with Crippen LogP contribution in [-0.2, 0) is 14.8 Å². The topological polar surface area (TPSA) is 98.6 Å². The van der Waals surface area contributed by atoms with Crippen LogP contribution in [0.3, 0.4) is 0 Å². The number of benzene rings is 1. The predicted molar refractivity (Wildman–Crippen MR) is 69.9 cm³/mol. The third-order valence-electron chi connectivity index (χ3n) is 3.14. The molecular formula is C11H17N3O3S. The normalized spacial score (nSPS) is 20.3. The Morgan fingerprint density at radius 1 is 1.44 bits per heavy atom. The summed E-state index contributed by atoms with van der Waals surface area (Å²) in [5.74, 6) is 0. The smallest absolute Gasteiger partial charge is 0.240 e. The molecule has 100 valence electrons. The van der Waals surface area contributed by atoms with Gasteiger partial charge in [0.1, 0.15) is 4.90 Å². The Balaban J connectivity index is 2.25. The maximum Gasteiger partial charge on any atom is 0.240 e. The van der Waals surface area contributed by atoms with Crippen LogP contribution in [0.1, 0.15) is 6.42 Å². The molecule has 1 unspecified atom stereocenters. The van der Waals surface area contributed by atoms with Crippen LogP contribution in [0, 0.1) is 0 Å². The van der Waals surface area contributed by atoms with Gasteiger partial charge in [0, 0.05) is 25.9 Å². The van der Waals surface area contributed by atoms with E-state index < -0.39 is 10.0 Å². The number of nitrogens with two attached hydrogens (primary N) is 2. The predicted octanol–water partition coefficient (Wildman–Crippen LogP) is 0.141. The van der Waals surface area contributed by atoms with Crippen molar-refractivity contribution in [1.82, 2.24) is 0 Å². The Morgan fingerprint density at radius 3 is 2.67 bits per heavy atom. The van der Waals surface area contributed by atoms with E-state index in [1.165, 1.54) is 6.07 Å². The van der Waals surface area contributed by atoms with Gasteiger partial charge in [-0.1, -0.05) is 0 Å². The van der Waals surface area contributed by atoms with Crippen molar-refractivity contribution in [2.45, 2.75) is 17.4 Å². The quantitative estimate of drug-likeness (QED) is 0.762. The molecule has 1 heterocycles. The van der Waals surface area contributed by atoms with Crippen molar-refractivity contribution in [3.05, 3.63) is 18.2 Å². The van der Waals surface area contributed by atoms with E-state index in [-0.39, 0.29) is 16.7 Å². The Morgan fingerprint density at radius 2 is 2.17 bits per heavy atom. The summed E-state index contributed by atoms with van der Waals surface area (Å²) < 4.78 is 27.8. The number of methoxy groups -OCH3 is 1. The molecule has 0 radical (unpaired) electrons. The Labute approximate surface area is 107 Å². The van der Waals surface area contributed by atoms with Crippen LogP contribution in [-0.4, -0.2) is 34.7 Å². The van der Waals surface area contributed by atoms with Gasteiger partial charge in [-0.25, -0.2) is 13.6 Å². The zero-order chi connectivity index (χ0) is 13.3. The van der Waals surface area contributed by atoms with Gasteiger partial charge in [-0.15, -0.1) is 0 Å². The molecule has 6 nitrogen and oxygen atoms in total. The summed E-state index contributed by atoms with van der Waals surface area (Å²) in [6.07, 6.45) is 1.16. The fourth-order valence-electron chi connectivity index (χ4n) is 2.15. The lowest BCUT2D eigenvalue weighted by Crippen LogP contribution is -2.22. The SMILES string of the molecule is COC1CCN(c2ccc(S(N)(=O)=O)c(N)c2)C1. The minimum absolute atomic E-state index is 0.0336. The first-order valence-corrected chi connectivity index (χ1v) is 7.16. The fourth-order valence-corrected chi connectivity index (χ4v) is 2.79. The first kappa shape index (κ1) is 13.1. The number of anilines is 2. The molecule has 0 amide bonds.